The molecule has 4 heteroatoms. The molecule has 0 bridgehead atoms. The molecule has 0 aromatic carbocycles. The average Bonchev–Trinajstić information content (AvgIpc) is 2.41. The summed E-state index contributed by atoms with van der Waals surface area (Å²) in [7, 11) is 0. The fraction of sp³-hybridized carbons (Fsp3) is 0.667. The van der Waals surface area contributed by atoms with Gasteiger partial charge in [0.1, 0.15) is 6.61 Å². The van der Waals surface area contributed by atoms with E-state index in [4.69, 9.17) is 9.47 Å². The van der Waals surface area contributed by atoms with Gasteiger partial charge in [0.05, 0.1) is 12.7 Å². The standard InChI is InChI=1S/C15H26N2O2/c1-5-14-9-13(11-16-6-2)10-15(17-14)19-8-7-18-12(3)4/h9-10,12,16H,5-8,11H2,1-4H3. The molecule has 1 N–H and O–H groups in total. The topological polar surface area (TPSA) is 43.4 Å². The lowest BCUT2D eigenvalue weighted by molar-refractivity contribution is 0.0542. The Balaban J connectivity index is 2.55. The van der Waals surface area contributed by atoms with Gasteiger partial charge in [-0.1, -0.05) is 13.8 Å². The number of rotatable bonds is 9. The van der Waals surface area contributed by atoms with Crippen molar-refractivity contribution in [3.63, 3.8) is 0 Å². The van der Waals surface area contributed by atoms with E-state index < -0.39 is 0 Å². The van der Waals surface area contributed by atoms with Gasteiger partial charge >= 0.3 is 0 Å². The maximum Gasteiger partial charge on any atom is 0.213 e. The van der Waals surface area contributed by atoms with Crippen molar-refractivity contribution in [1.82, 2.24) is 10.3 Å². The van der Waals surface area contributed by atoms with E-state index in [0.717, 1.165) is 25.2 Å². The Morgan fingerprint density at radius 2 is 2.00 bits per heavy atom. The van der Waals surface area contributed by atoms with Gasteiger partial charge < -0.3 is 14.8 Å². The number of nitrogens with one attached hydrogen (secondary N) is 1. The lowest BCUT2D eigenvalue weighted by atomic mass is 10.2. The minimum atomic E-state index is 0.239. The third kappa shape index (κ3) is 6.55. The van der Waals surface area contributed by atoms with Crippen LogP contribution in [0.3, 0.4) is 0 Å². The molecule has 0 aliphatic heterocycles. The summed E-state index contributed by atoms with van der Waals surface area (Å²) in [4.78, 5) is 4.47. The van der Waals surface area contributed by atoms with Crippen molar-refractivity contribution < 1.29 is 9.47 Å². The predicted octanol–water partition coefficient (Wildman–Crippen LogP) is 2.56. The van der Waals surface area contributed by atoms with E-state index in [9.17, 15) is 0 Å². The van der Waals surface area contributed by atoms with Crippen LogP contribution in [0, 0.1) is 0 Å². The normalized spacial score (nSPS) is 11.0. The van der Waals surface area contributed by atoms with Gasteiger partial charge in [0, 0.05) is 18.3 Å². The van der Waals surface area contributed by atoms with Crippen molar-refractivity contribution in [1.29, 1.82) is 0 Å². The fourth-order valence-electron chi connectivity index (χ4n) is 1.68. The highest BCUT2D eigenvalue weighted by atomic mass is 16.5. The predicted molar refractivity (Wildman–Crippen MR) is 77.6 cm³/mol. The maximum absolute atomic E-state index is 5.66. The van der Waals surface area contributed by atoms with Gasteiger partial charge in [-0.05, 0) is 38.4 Å². The van der Waals surface area contributed by atoms with Crippen LogP contribution in [0.15, 0.2) is 12.1 Å². The van der Waals surface area contributed by atoms with Crippen molar-refractivity contribution >= 4 is 0 Å². The fourth-order valence-corrected chi connectivity index (χ4v) is 1.68. The molecule has 1 aromatic rings. The molecule has 0 spiro atoms. The van der Waals surface area contributed by atoms with Crippen LogP contribution in [0.25, 0.3) is 0 Å². The average molecular weight is 266 g/mol. The summed E-state index contributed by atoms with van der Waals surface area (Å²) >= 11 is 0. The monoisotopic (exact) mass is 266 g/mol. The highest BCUT2D eigenvalue weighted by Gasteiger charge is 2.03. The zero-order valence-corrected chi connectivity index (χ0v) is 12.5. The first-order valence-corrected chi connectivity index (χ1v) is 7.10. The molecule has 0 atom stereocenters. The summed E-state index contributed by atoms with van der Waals surface area (Å²) in [6, 6.07) is 4.12. The van der Waals surface area contributed by atoms with E-state index in [1.54, 1.807) is 0 Å². The van der Waals surface area contributed by atoms with Crippen LogP contribution in [0.1, 0.15) is 39.0 Å². The molecule has 0 aliphatic rings. The third-order valence-corrected chi connectivity index (χ3v) is 2.64. The van der Waals surface area contributed by atoms with Crippen molar-refractivity contribution in [3.8, 4) is 5.88 Å². The lowest BCUT2D eigenvalue weighted by Gasteiger charge is -2.11. The lowest BCUT2D eigenvalue weighted by Crippen LogP contribution is -2.14. The number of ether oxygens (including phenoxy) is 2. The summed E-state index contributed by atoms with van der Waals surface area (Å²) in [6.45, 7) is 11.2. The van der Waals surface area contributed by atoms with Crippen molar-refractivity contribution in [3.05, 3.63) is 23.4 Å². The summed E-state index contributed by atoms with van der Waals surface area (Å²) in [5.74, 6) is 0.694. The zero-order chi connectivity index (χ0) is 14.1. The molecule has 1 rings (SSSR count). The molecular formula is C15H26N2O2. The SMILES string of the molecule is CCNCc1cc(CC)nc(OCCOC(C)C)c1. The summed E-state index contributed by atoms with van der Waals surface area (Å²) in [5.41, 5.74) is 2.28. The van der Waals surface area contributed by atoms with E-state index >= 15 is 0 Å². The first-order valence-electron chi connectivity index (χ1n) is 7.10. The molecule has 19 heavy (non-hydrogen) atoms. The zero-order valence-electron chi connectivity index (χ0n) is 12.5. The number of hydrogen-bond acceptors (Lipinski definition) is 4. The molecule has 0 radical (unpaired) electrons. The molecule has 0 fully saturated rings. The second-order valence-electron chi connectivity index (χ2n) is 4.71. The molecule has 108 valence electrons. The van der Waals surface area contributed by atoms with Crippen LogP contribution in [0.5, 0.6) is 5.88 Å². The van der Waals surface area contributed by atoms with Gasteiger partial charge in [0.15, 0.2) is 0 Å². The molecule has 0 saturated carbocycles. The Labute approximate surface area is 116 Å². The van der Waals surface area contributed by atoms with E-state index in [0.29, 0.717) is 19.1 Å². The van der Waals surface area contributed by atoms with Crippen molar-refractivity contribution in [2.75, 3.05) is 19.8 Å². The number of hydrogen-bond donors (Lipinski definition) is 1. The molecule has 0 aliphatic carbocycles. The molecule has 0 unspecified atom stereocenters. The quantitative estimate of drug-likeness (QED) is 0.698. The third-order valence-electron chi connectivity index (χ3n) is 2.64. The van der Waals surface area contributed by atoms with E-state index in [1.807, 2.05) is 19.9 Å². The second kappa shape index (κ2) is 8.88. The molecule has 0 saturated heterocycles. The molecular weight excluding hydrogens is 240 g/mol. The Morgan fingerprint density at radius 3 is 2.63 bits per heavy atom. The largest absolute Gasteiger partial charge is 0.475 e. The Hall–Kier alpha value is -1.13. The first-order chi connectivity index (χ1) is 9.15. The van der Waals surface area contributed by atoms with Crippen LogP contribution < -0.4 is 10.1 Å². The van der Waals surface area contributed by atoms with Gasteiger partial charge in [-0.15, -0.1) is 0 Å². The van der Waals surface area contributed by atoms with Crippen molar-refractivity contribution in [2.45, 2.75) is 46.8 Å². The van der Waals surface area contributed by atoms with E-state index in [1.165, 1.54) is 5.56 Å². The first kappa shape index (κ1) is 15.9. The minimum Gasteiger partial charge on any atom is -0.475 e. The van der Waals surface area contributed by atoms with Gasteiger partial charge in [0.2, 0.25) is 5.88 Å². The maximum atomic E-state index is 5.66. The minimum absolute atomic E-state index is 0.239. The van der Waals surface area contributed by atoms with Crippen LogP contribution in [-0.4, -0.2) is 30.8 Å². The Morgan fingerprint density at radius 1 is 1.21 bits per heavy atom. The number of nitrogens with zero attached hydrogens (tertiary/aromatic N) is 1. The van der Waals surface area contributed by atoms with Gasteiger partial charge in [-0.2, -0.15) is 0 Å². The van der Waals surface area contributed by atoms with Crippen LogP contribution in [0.2, 0.25) is 0 Å². The van der Waals surface area contributed by atoms with Crippen molar-refractivity contribution in [2.24, 2.45) is 0 Å². The van der Waals surface area contributed by atoms with Crippen LogP contribution in [-0.2, 0) is 17.7 Å². The van der Waals surface area contributed by atoms with Gasteiger partial charge in [0.25, 0.3) is 0 Å². The Kier molecular flexibility index (Phi) is 7.45. The smallest absolute Gasteiger partial charge is 0.213 e. The summed E-state index contributed by atoms with van der Waals surface area (Å²) in [5, 5.41) is 3.32. The molecule has 1 heterocycles. The second-order valence-corrected chi connectivity index (χ2v) is 4.71. The molecule has 4 nitrogen and oxygen atoms in total. The Bertz CT molecular complexity index is 367. The number of aryl methyl sites for hydroxylation is 1. The van der Waals surface area contributed by atoms with Crippen LogP contribution >= 0.6 is 0 Å². The number of aromatic nitrogens is 1. The van der Waals surface area contributed by atoms with Gasteiger partial charge in [-0.3, -0.25) is 0 Å². The van der Waals surface area contributed by atoms with Gasteiger partial charge in [-0.25, -0.2) is 4.98 Å². The summed E-state index contributed by atoms with van der Waals surface area (Å²) in [6.07, 6.45) is 1.15. The molecule has 1 aromatic heterocycles. The van der Waals surface area contributed by atoms with E-state index in [-0.39, 0.29) is 6.10 Å². The van der Waals surface area contributed by atoms with E-state index in [2.05, 4.69) is 30.2 Å². The highest BCUT2D eigenvalue weighted by molar-refractivity contribution is 5.25. The number of pyridine rings is 1. The molecule has 0 amide bonds. The van der Waals surface area contributed by atoms with Crippen LogP contribution in [0.4, 0.5) is 0 Å². The highest BCUT2D eigenvalue weighted by Crippen LogP contribution is 2.13. The summed E-state index contributed by atoms with van der Waals surface area (Å²) < 4.78 is 11.1.